The molecule has 18 rings (SSSR count). The summed E-state index contributed by atoms with van der Waals surface area (Å²) in [6.45, 7) is 9.90. The zero-order chi connectivity index (χ0) is 94.5. The molecule has 2 aromatic heterocycles. The number of fused-ring (bicyclic) bond motifs is 4. The Balaban J connectivity index is 0.000000165. The minimum atomic E-state index is -1.05. The van der Waals surface area contributed by atoms with Crippen LogP contribution in [0, 0.1) is 23.3 Å². The predicted octanol–water partition coefficient (Wildman–Crippen LogP) is 8.75. The van der Waals surface area contributed by atoms with Crippen LogP contribution in [0.4, 0.5) is 63.3 Å². The van der Waals surface area contributed by atoms with Crippen LogP contribution in [0.5, 0.6) is 0 Å². The Hall–Kier alpha value is -14.5. The zero-order valence-corrected chi connectivity index (χ0v) is 73.7. The summed E-state index contributed by atoms with van der Waals surface area (Å²) < 4.78 is 66.3. The van der Waals surface area contributed by atoms with E-state index in [4.69, 9.17) is 20.3 Å². The first-order valence-electron chi connectivity index (χ1n) is 45.1. The zero-order valence-electron chi connectivity index (χ0n) is 73.7. The Morgan fingerprint density at radius 2 is 0.874 bits per heavy atom. The number of H-pyrrole nitrogens is 2. The summed E-state index contributed by atoms with van der Waals surface area (Å²) in [5.41, 5.74) is 15.6. The third-order valence-electron chi connectivity index (χ3n) is 24.9. The monoisotopic (exact) mass is 1850 g/mol. The van der Waals surface area contributed by atoms with Crippen LogP contribution in [-0.2, 0) is 51.1 Å². The number of carbonyl (C=O) groups is 12. The van der Waals surface area contributed by atoms with Gasteiger partial charge in [0.25, 0.3) is 35.4 Å². The standard InChI is InChI=1S/C48H50F2N10O7.C32H34F2N6O4.C16H18N4O4/c49-30-22-29(23-31(50)25-30)21-28-5-8-37-36(24-28)44(57-56-37)55-45(63)34-7-6-33(26-39(34)53-32-11-19-67-20-12-32)59-17-15-58(16-18-59)27-42(62)52-14-2-13-51-38-4-1-3-35-43(38)48(66)60(47(35)65)40-9-10-41(61)54-46(40)64;33-22-14-21(15-23(34)17-22)13-20-1-4-28-27(16-20)31(38-37-28)36-32(43)26-3-2-25(18-29(26)35-24-5-11-44-12-6-24)40-9-7-39(8-10-40)19-30(41)42;17-7-2-8-18-10-4-1-3-9-13(10)16(24)20(15(9)23)11-5-6-12(21)19-14(11)22/h1,3-8,22-26,32,40,51,53H,2,9-21,27H2,(H,52,62)(H,54,61,64)(H2,55,56,57,63);1-4,14-18,24,35H,5-13,19H2,(H,41,42)(H2,36,37,38,43);1,3-4,11,18H,2,5-8,17H2,(H,19,21,22). The van der Waals surface area contributed by atoms with E-state index in [0.29, 0.717) is 196 Å². The van der Waals surface area contributed by atoms with E-state index < -0.39 is 88.6 Å². The molecule has 6 saturated heterocycles. The van der Waals surface area contributed by atoms with Crippen molar-refractivity contribution >= 4 is 139 Å². The first-order valence-corrected chi connectivity index (χ1v) is 45.1. The molecule has 704 valence electrons. The normalized spacial score (nSPS) is 17.8. The minimum absolute atomic E-state index is 0.0240. The van der Waals surface area contributed by atoms with Gasteiger partial charge in [0.05, 0.1) is 57.5 Å². The Bertz CT molecular complexity index is 6180. The number of nitrogens with zero attached hydrogens (tertiary/aromatic N) is 8. The second-order valence-corrected chi connectivity index (χ2v) is 34.2. The Labute approximate surface area is 771 Å². The smallest absolute Gasteiger partial charge is 0.317 e. The lowest BCUT2D eigenvalue weighted by atomic mass is 10.0. The fourth-order valence-electron chi connectivity index (χ4n) is 18.0. The van der Waals surface area contributed by atoms with Crippen molar-refractivity contribution in [3.8, 4) is 0 Å². The maximum absolute atomic E-state index is 14.0. The number of halogens is 4. The number of amides is 11. The van der Waals surface area contributed by atoms with Crippen molar-refractivity contribution in [2.24, 2.45) is 5.73 Å². The number of rotatable bonds is 29. The second-order valence-electron chi connectivity index (χ2n) is 34.2. The number of aromatic amines is 2. The van der Waals surface area contributed by atoms with Crippen LogP contribution < -0.4 is 63.4 Å². The van der Waals surface area contributed by atoms with Crippen LogP contribution in [0.15, 0.2) is 146 Å². The summed E-state index contributed by atoms with van der Waals surface area (Å²) in [6.07, 6.45) is 5.45. The number of aliphatic carboxylic acids is 1. The molecule has 0 saturated carbocycles. The molecule has 10 heterocycles. The van der Waals surface area contributed by atoms with Crippen LogP contribution in [0.1, 0.15) is 149 Å². The fourth-order valence-corrected chi connectivity index (χ4v) is 18.0. The lowest BCUT2D eigenvalue weighted by Gasteiger charge is -2.36. The quantitative estimate of drug-likeness (QED) is 0.0118. The van der Waals surface area contributed by atoms with Gasteiger partial charge in [0, 0.05) is 180 Å². The summed E-state index contributed by atoms with van der Waals surface area (Å²) in [6, 6.07) is 37.5. The predicted molar refractivity (Wildman–Crippen MR) is 494 cm³/mol. The molecule has 0 spiro atoms. The summed E-state index contributed by atoms with van der Waals surface area (Å²) in [7, 11) is 0. The van der Waals surface area contributed by atoms with Crippen molar-refractivity contribution in [2.45, 2.75) is 101 Å². The third kappa shape index (κ3) is 22.5. The van der Waals surface area contributed by atoms with E-state index in [2.05, 4.69) is 82.9 Å². The highest BCUT2D eigenvalue weighted by atomic mass is 19.1. The summed E-state index contributed by atoms with van der Waals surface area (Å²) in [5, 5.41) is 51.8. The summed E-state index contributed by atoms with van der Waals surface area (Å²) in [4.78, 5) is 161. The first-order chi connectivity index (χ1) is 65.3. The van der Waals surface area contributed by atoms with Crippen LogP contribution in [0.2, 0.25) is 0 Å². The lowest BCUT2D eigenvalue weighted by Crippen LogP contribution is -2.54. The van der Waals surface area contributed by atoms with Crippen molar-refractivity contribution in [1.82, 2.24) is 55.9 Å². The van der Waals surface area contributed by atoms with E-state index >= 15 is 0 Å². The molecule has 135 heavy (non-hydrogen) atoms. The van der Waals surface area contributed by atoms with Gasteiger partial charge in [0.15, 0.2) is 11.6 Å². The number of piperidine rings is 2. The average Bonchev–Trinajstić information content (AvgIpc) is 1.62. The van der Waals surface area contributed by atoms with E-state index in [-0.39, 0.29) is 97.3 Å². The number of aromatic nitrogens is 4. The maximum Gasteiger partial charge on any atom is 0.317 e. The van der Waals surface area contributed by atoms with Crippen molar-refractivity contribution in [2.75, 3.05) is 160 Å². The number of nitrogens with one attached hydrogen (secondary N) is 11. The SMILES string of the molecule is NCCCNc1cccc2c1C(=O)N(C1CCC(=O)NC1=O)C2=O.O=C(CN1CCN(c2ccc(C(=O)Nc3n[nH]c4ccc(Cc5cc(F)cc(F)c5)cc34)c(NC3CCOCC3)c2)CC1)NCCCNc1cccc2c1C(=O)N(C1CCC(=O)NC1=O)C2=O.O=C(O)CN1CCN(c2ccc(C(=O)Nc3n[nH]c4ccc(Cc5cc(F)cc(F)c5)cc34)c(NC3CCOCC3)c2)CC1. The molecule has 0 aliphatic carbocycles. The van der Waals surface area contributed by atoms with Gasteiger partial charge >= 0.3 is 5.97 Å². The van der Waals surface area contributed by atoms with Gasteiger partial charge in [0.2, 0.25) is 29.5 Å². The van der Waals surface area contributed by atoms with Gasteiger partial charge in [-0.15, -0.1) is 0 Å². The number of hydrogen-bond acceptors (Lipinski definition) is 25. The highest BCUT2D eigenvalue weighted by molar-refractivity contribution is 6.27. The van der Waals surface area contributed by atoms with Gasteiger partial charge in [0.1, 0.15) is 35.4 Å². The number of imide groups is 4. The van der Waals surface area contributed by atoms with Gasteiger partial charge in [-0.2, -0.15) is 10.2 Å². The number of piperazine rings is 2. The van der Waals surface area contributed by atoms with E-state index in [1.165, 1.54) is 24.3 Å². The topological polar surface area (TPSA) is 455 Å². The van der Waals surface area contributed by atoms with E-state index in [0.717, 1.165) is 76.5 Å². The summed E-state index contributed by atoms with van der Waals surface area (Å²) in [5.74, 6) is -7.79. The molecular weight excluding hydrogens is 1750 g/mol. The summed E-state index contributed by atoms with van der Waals surface area (Å²) >= 11 is 0. The molecule has 2 atom stereocenters. The molecule has 2 unspecified atom stereocenters. The highest BCUT2D eigenvalue weighted by Crippen LogP contribution is 2.38. The van der Waals surface area contributed by atoms with Crippen LogP contribution in [0.3, 0.4) is 0 Å². The number of anilines is 8. The maximum atomic E-state index is 14.0. The van der Waals surface area contributed by atoms with Gasteiger partial charge in [-0.1, -0.05) is 24.3 Å². The molecule has 8 aliphatic heterocycles. The van der Waals surface area contributed by atoms with Crippen LogP contribution in [-0.4, -0.2) is 258 Å². The number of nitrogens with two attached hydrogens (primary N) is 1. The largest absolute Gasteiger partial charge is 0.480 e. The molecule has 11 amide bonds. The fraction of sp³-hybridized carbons (Fsp3) is 0.354. The van der Waals surface area contributed by atoms with Crippen molar-refractivity contribution < 1.29 is 89.7 Å². The molecule has 8 aliphatic rings. The molecule has 10 aromatic rings. The van der Waals surface area contributed by atoms with Crippen molar-refractivity contribution in [1.29, 1.82) is 0 Å². The molecule has 6 fully saturated rings. The Morgan fingerprint density at radius 1 is 0.452 bits per heavy atom. The number of carboxylic acids is 1. The molecular formula is C96H102F4N20O15. The van der Waals surface area contributed by atoms with Gasteiger partial charge < -0.3 is 67.3 Å². The van der Waals surface area contributed by atoms with Gasteiger partial charge in [-0.3, -0.25) is 98.0 Å². The molecule has 0 bridgehead atoms. The average molecular weight is 1850 g/mol. The van der Waals surface area contributed by atoms with E-state index in [1.807, 2.05) is 65.6 Å². The van der Waals surface area contributed by atoms with E-state index in [9.17, 15) is 75.1 Å². The number of benzene rings is 8. The van der Waals surface area contributed by atoms with Crippen LogP contribution in [0.25, 0.3) is 21.8 Å². The first kappa shape index (κ1) is 93.7. The van der Waals surface area contributed by atoms with E-state index in [1.54, 1.807) is 48.5 Å². The molecule has 39 heteroatoms. The molecule has 0 radical (unpaired) electrons. The van der Waals surface area contributed by atoms with Crippen molar-refractivity contribution in [3.63, 3.8) is 0 Å². The third-order valence-corrected chi connectivity index (χ3v) is 24.9. The lowest BCUT2D eigenvalue weighted by molar-refractivity contribution is -0.139. The number of carboxylic acid groups (broad SMARTS) is 1. The number of ether oxygens (including phenoxy) is 2. The Morgan fingerprint density at radius 3 is 1.29 bits per heavy atom. The molecule has 14 N–H and O–H groups in total. The van der Waals surface area contributed by atoms with Crippen molar-refractivity contribution in [3.05, 3.63) is 224 Å². The number of hydrogen-bond donors (Lipinski definition) is 13. The highest BCUT2D eigenvalue weighted by Gasteiger charge is 2.48. The minimum Gasteiger partial charge on any atom is -0.480 e. The van der Waals surface area contributed by atoms with Gasteiger partial charge in [-0.25, -0.2) is 17.6 Å². The second kappa shape index (κ2) is 42.6. The van der Waals surface area contributed by atoms with Gasteiger partial charge in [-0.05, 0) is 202 Å². The molecule has 35 nitrogen and oxygen atoms in total. The number of carbonyl (C=O) groups excluding carboxylic acids is 11. The Kier molecular flexibility index (Phi) is 29.5. The molecule has 8 aromatic carbocycles. The van der Waals surface area contributed by atoms with Crippen LogP contribution >= 0.6 is 0 Å².